The van der Waals surface area contributed by atoms with E-state index in [1.54, 1.807) is 4.68 Å². The van der Waals surface area contributed by atoms with Crippen LogP contribution in [-0.2, 0) is 4.79 Å². The van der Waals surface area contributed by atoms with Crippen LogP contribution in [0.2, 0.25) is 0 Å². The van der Waals surface area contributed by atoms with Crippen molar-refractivity contribution in [3.05, 3.63) is 30.0 Å². The molecular weight excluding hydrogens is 360 g/mol. The van der Waals surface area contributed by atoms with Crippen molar-refractivity contribution in [2.75, 3.05) is 11.9 Å². The van der Waals surface area contributed by atoms with Gasteiger partial charge in [0.2, 0.25) is 11.0 Å². The lowest BCUT2D eigenvalue weighted by atomic mass is 9.89. The highest BCUT2D eigenvalue weighted by atomic mass is 32.1. The molecule has 27 heavy (non-hydrogen) atoms. The quantitative estimate of drug-likeness (QED) is 0.692. The summed E-state index contributed by atoms with van der Waals surface area (Å²) >= 11 is 1.54. The largest absolute Gasteiger partial charge is 0.492 e. The van der Waals surface area contributed by atoms with Crippen molar-refractivity contribution in [1.82, 2.24) is 14.8 Å². The highest BCUT2D eigenvalue weighted by molar-refractivity contribution is 7.20. The fourth-order valence-electron chi connectivity index (χ4n) is 3.60. The molecule has 0 atom stereocenters. The molecule has 4 rings (SSSR count). The number of anilines is 1. The molecule has 142 valence electrons. The van der Waals surface area contributed by atoms with Gasteiger partial charge in [0.1, 0.15) is 17.1 Å². The standard InChI is InChI=1S/C20H24N4O2S/c1-3-26-15-10-7-11-16-18(15)22-20(27-16)24-17(12-13(2)23-24)21-19(25)14-8-5-4-6-9-14/h7,10-12,14H,3-6,8-9H2,1-2H3,(H,21,25). The van der Waals surface area contributed by atoms with Crippen LogP contribution in [-0.4, -0.2) is 27.3 Å². The van der Waals surface area contributed by atoms with Gasteiger partial charge in [-0.2, -0.15) is 9.78 Å². The number of aromatic nitrogens is 3. The number of carbonyl (C=O) groups excluding carboxylic acids is 1. The smallest absolute Gasteiger partial charge is 0.228 e. The van der Waals surface area contributed by atoms with Gasteiger partial charge >= 0.3 is 0 Å². The average Bonchev–Trinajstić information content (AvgIpc) is 3.26. The lowest BCUT2D eigenvalue weighted by Crippen LogP contribution is -2.25. The minimum atomic E-state index is 0.0898. The third-order valence-corrected chi connectivity index (χ3v) is 5.91. The molecule has 2 heterocycles. The van der Waals surface area contributed by atoms with Crippen molar-refractivity contribution in [1.29, 1.82) is 0 Å². The van der Waals surface area contributed by atoms with Crippen LogP contribution < -0.4 is 10.1 Å². The van der Waals surface area contributed by atoms with Crippen LogP contribution in [0.4, 0.5) is 5.82 Å². The van der Waals surface area contributed by atoms with Crippen molar-refractivity contribution in [2.24, 2.45) is 5.92 Å². The van der Waals surface area contributed by atoms with Gasteiger partial charge in [-0.3, -0.25) is 4.79 Å². The van der Waals surface area contributed by atoms with Gasteiger partial charge in [-0.05, 0) is 38.8 Å². The molecule has 0 aliphatic heterocycles. The van der Waals surface area contributed by atoms with E-state index in [1.807, 2.05) is 38.1 Å². The highest BCUT2D eigenvalue weighted by Gasteiger charge is 2.23. The number of hydrogen-bond acceptors (Lipinski definition) is 5. The zero-order chi connectivity index (χ0) is 18.8. The fourth-order valence-corrected chi connectivity index (χ4v) is 4.55. The van der Waals surface area contributed by atoms with Gasteiger partial charge in [0.05, 0.1) is 17.0 Å². The fraction of sp³-hybridized carbons (Fsp3) is 0.450. The van der Waals surface area contributed by atoms with Crippen molar-refractivity contribution < 1.29 is 9.53 Å². The second kappa shape index (κ2) is 7.68. The Labute approximate surface area is 162 Å². The van der Waals surface area contributed by atoms with Crippen molar-refractivity contribution in [3.8, 4) is 10.9 Å². The molecule has 1 aromatic carbocycles. The molecule has 1 saturated carbocycles. The van der Waals surface area contributed by atoms with Gasteiger partial charge in [-0.25, -0.2) is 4.98 Å². The van der Waals surface area contributed by atoms with Gasteiger partial charge in [0.15, 0.2) is 0 Å². The summed E-state index contributed by atoms with van der Waals surface area (Å²) in [6.45, 7) is 4.48. The van der Waals surface area contributed by atoms with E-state index in [4.69, 9.17) is 9.72 Å². The van der Waals surface area contributed by atoms with E-state index < -0.39 is 0 Å². The molecule has 0 saturated heterocycles. The monoisotopic (exact) mass is 384 g/mol. The number of nitrogens with zero attached hydrogens (tertiary/aromatic N) is 3. The van der Waals surface area contributed by atoms with Crippen molar-refractivity contribution in [2.45, 2.75) is 46.0 Å². The van der Waals surface area contributed by atoms with Crippen molar-refractivity contribution >= 4 is 33.3 Å². The van der Waals surface area contributed by atoms with Crippen LogP contribution in [0, 0.1) is 12.8 Å². The second-order valence-corrected chi connectivity index (χ2v) is 7.95. The predicted octanol–water partition coefficient (Wildman–Crippen LogP) is 4.71. The minimum absolute atomic E-state index is 0.0898. The Hall–Kier alpha value is -2.41. The molecule has 6 nitrogen and oxygen atoms in total. The second-order valence-electron chi connectivity index (χ2n) is 6.94. The Bertz CT molecular complexity index is 956. The SMILES string of the molecule is CCOc1cccc2sc(-n3nc(C)cc3NC(=O)C3CCCCC3)nc12. The molecule has 0 unspecified atom stereocenters. The topological polar surface area (TPSA) is 69.0 Å². The van der Waals surface area contributed by atoms with E-state index in [0.29, 0.717) is 12.4 Å². The molecule has 2 aromatic heterocycles. The Kier molecular flexibility index (Phi) is 5.11. The molecule has 3 aromatic rings. The lowest BCUT2D eigenvalue weighted by molar-refractivity contribution is -0.120. The van der Waals surface area contributed by atoms with E-state index in [2.05, 4.69) is 10.4 Å². The van der Waals surface area contributed by atoms with Crippen LogP contribution in [0.5, 0.6) is 5.75 Å². The maximum atomic E-state index is 12.7. The van der Waals surface area contributed by atoms with Crippen LogP contribution in [0.1, 0.15) is 44.7 Å². The summed E-state index contributed by atoms with van der Waals surface area (Å²) in [5, 5.41) is 8.37. The first-order valence-electron chi connectivity index (χ1n) is 9.56. The molecular formula is C20H24N4O2S. The molecule has 7 heteroatoms. The van der Waals surface area contributed by atoms with Crippen molar-refractivity contribution in [3.63, 3.8) is 0 Å². The predicted molar refractivity (Wildman–Crippen MR) is 108 cm³/mol. The first kappa shape index (κ1) is 18.0. The molecule has 0 bridgehead atoms. The molecule has 0 radical (unpaired) electrons. The Morgan fingerprint density at radius 1 is 1.33 bits per heavy atom. The number of nitrogens with one attached hydrogen (secondary N) is 1. The number of fused-ring (bicyclic) bond motifs is 1. The summed E-state index contributed by atoms with van der Waals surface area (Å²) in [7, 11) is 0. The molecule has 1 aliphatic carbocycles. The lowest BCUT2D eigenvalue weighted by Gasteiger charge is -2.20. The van der Waals surface area contributed by atoms with Crippen LogP contribution in [0.3, 0.4) is 0 Å². The normalized spacial score (nSPS) is 15.2. The molecule has 1 N–H and O–H groups in total. The summed E-state index contributed by atoms with van der Waals surface area (Å²) in [6, 6.07) is 7.82. The summed E-state index contributed by atoms with van der Waals surface area (Å²) in [6.07, 6.45) is 5.44. The van der Waals surface area contributed by atoms with Gasteiger partial charge in [0, 0.05) is 12.0 Å². The van der Waals surface area contributed by atoms with Gasteiger partial charge in [0.25, 0.3) is 0 Å². The number of rotatable bonds is 5. The van der Waals surface area contributed by atoms with E-state index in [-0.39, 0.29) is 11.8 Å². The number of hydrogen-bond donors (Lipinski definition) is 1. The number of amides is 1. The third-order valence-electron chi connectivity index (χ3n) is 4.91. The Balaban J connectivity index is 1.65. The number of benzene rings is 1. The van der Waals surface area contributed by atoms with Crippen LogP contribution in [0.15, 0.2) is 24.3 Å². The summed E-state index contributed by atoms with van der Waals surface area (Å²) in [4.78, 5) is 17.4. The number of thiazole rings is 1. The maximum absolute atomic E-state index is 12.7. The number of carbonyl (C=O) groups is 1. The molecule has 0 spiro atoms. The number of ether oxygens (including phenoxy) is 1. The van der Waals surface area contributed by atoms with E-state index in [0.717, 1.165) is 52.5 Å². The average molecular weight is 385 g/mol. The first-order valence-corrected chi connectivity index (χ1v) is 10.4. The van der Waals surface area contributed by atoms with Gasteiger partial charge in [-0.1, -0.05) is 36.7 Å². The molecule has 1 amide bonds. The Morgan fingerprint density at radius 3 is 2.93 bits per heavy atom. The maximum Gasteiger partial charge on any atom is 0.228 e. The van der Waals surface area contributed by atoms with Crippen LogP contribution in [0.25, 0.3) is 15.3 Å². The van der Waals surface area contributed by atoms with E-state index >= 15 is 0 Å². The van der Waals surface area contributed by atoms with Gasteiger partial charge < -0.3 is 10.1 Å². The zero-order valence-corrected chi connectivity index (χ0v) is 16.5. The Morgan fingerprint density at radius 2 is 2.15 bits per heavy atom. The van der Waals surface area contributed by atoms with E-state index in [1.165, 1.54) is 17.8 Å². The molecule has 1 fully saturated rings. The summed E-state index contributed by atoms with van der Waals surface area (Å²) in [5.74, 6) is 1.64. The van der Waals surface area contributed by atoms with Crippen LogP contribution >= 0.6 is 11.3 Å². The zero-order valence-electron chi connectivity index (χ0n) is 15.7. The van der Waals surface area contributed by atoms with E-state index in [9.17, 15) is 4.79 Å². The van der Waals surface area contributed by atoms with Gasteiger partial charge in [-0.15, -0.1) is 0 Å². The molecule has 1 aliphatic rings. The summed E-state index contributed by atoms with van der Waals surface area (Å²) in [5.41, 5.74) is 1.68. The highest BCUT2D eigenvalue weighted by Crippen LogP contribution is 2.33. The third kappa shape index (κ3) is 3.69. The summed E-state index contributed by atoms with van der Waals surface area (Å²) < 4.78 is 8.46. The minimum Gasteiger partial charge on any atom is -0.492 e. The first-order chi connectivity index (χ1) is 13.2. The number of para-hydroxylation sites is 1. The number of aryl methyl sites for hydroxylation is 1.